The number of rotatable bonds is 14. The lowest BCUT2D eigenvalue weighted by Gasteiger charge is -2.28. The van der Waals surface area contributed by atoms with Crippen molar-refractivity contribution < 1.29 is 22.9 Å². The molecule has 0 aliphatic heterocycles. The van der Waals surface area contributed by atoms with Crippen LogP contribution in [0.5, 0.6) is 0 Å². The lowest BCUT2D eigenvalue weighted by Crippen LogP contribution is -2.12. The molecule has 1 aromatic carbocycles. The summed E-state index contributed by atoms with van der Waals surface area (Å²) in [5.41, 5.74) is -0.502. The third-order valence-electron chi connectivity index (χ3n) is 5.33. The van der Waals surface area contributed by atoms with Crippen LogP contribution in [0.25, 0.3) is 0 Å². The van der Waals surface area contributed by atoms with Crippen LogP contribution in [0, 0.1) is 0 Å². The molecule has 0 fully saturated rings. The van der Waals surface area contributed by atoms with E-state index in [1.807, 2.05) is 0 Å². The minimum Gasteiger partial charge on any atom is -0.744 e. The standard InChI is InChI=1S/C16H36P.C7H6O5S/c1-5-9-13-17(14-10-6-2,15-11-7-3)16-12-8-4;8-7(9)5-3-1-2-4-6(5)13(10,11)12/h5-16H2,1-4H3;1-4H,(H,8,9)(H,10,11,12)/q+1;/p-1. The van der Waals surface area contributed by atoms with E-state index in [-0.39, 0.29) is 0 Å². The van der Waals surface area contributed by atoms with Gasteiger partial charge in [0, 0.05) is 7.26 Å². The summed E-state index contributed by atoms with van der Waals surface area (Å²) >= 11 is 0. The van der Waals surface area contributed by atoms with Gasteiger partial charge in [0.25, 0.3) is 0 Å². The van der Waals surface area contributed by atoms with Crippen LogP contribution >= 0.6 is 7.26 Å². The van der Waals surface area contributed by atoms with Crippen LogP contribution in [-0.2, 0) is 10.1 Å². The molecule has 0 aliphatic carbocycles. The largest absolute Gasteiger partial charge is 0.744 e. The highest BCUT2D eigenvalue weighted by atomic mass is 32.2. The van der Waals surface area contributed by atoms with Gasteiger partial charge in [0.1, 0.15) is 10.1 Å². The molecular weight excluding hydrogens is 419 g/mol. The quantitative estimate of drug-likeness (QED) is 0.253. The van der Waals surface area contributed by atoms with E-state index >= 15 is 0 Å². The van der Waals surface area contributed by atoms with Crippen molar-refractivity contribution in [2.24, 2.45) is 0 Å². The van der Waals surface area contributed by atoms with Gasteiger partial charge in [-0.25, -0.2) is 13.2 Å². The van der Waals surface area contributed by atoms with Gasteiger partial charge in [-0.2, -0.15) is 0 Å². The first kappa shape index (κ1) is 29.0. The molecule has 0 aromatic heterocycles. The van der Waals surface area contributed by atoms with Crippen molar-refractivity contribution in [3.8, 4) is 0 Å². The number of unbranched alkanes of at least 4 members (excludes halogenated alkanes) is 4. The van der Waals surface area contributed by atoms with Gasteiger partial charge in [-0.05, 0) is 37.8 Å². The minimum atomic E-state index is -4.71. The highest BCUT2D eigenvalue weighted by molar-refractivity contribution is 7.85. The molecule has 1 N–H and O–H groups in total. The summed E-state index contributed by atoms with van der Waals surface area (Å²) < 4.78 is 31.6. The molecule has 1 aromatic rings. The molecule has 30 heavy (non-hydrogen) atoms. The van der Waals surface area contributed by atoms with Crippen LogP contribution in [-0.4, -0.2) is 48.7 Å². The minimum absolute atomic E-state index is 0.502. The Bertz CT molecular complexity index is 666. The lowest BCUT2D eigenvalue weighted by molar-refractivity contribution is 0.0692. The fourth-order valence-corrected chi connectivity index (χ4v) is 9.47. The Morgan fingerprint density at radius 3 is 1.47 bits per heavy atom. The summed E-state index contributed by atoms with van der Waals surface area (Å²) in [5.74, 6) is -1.44. The maximum Gasteiger partial charge on any atom is 0.336 e. The van der Waals surface area contributed by atoms with Gasteiger partial charge in [-0.3, -0.25) is 0 Å². The fourth-order valence-electron chi connectivity index (χ4n) is 3.51. The Hall–Kier alpha value is -0.970. The van der Waals surface area contributed by atoms with Gasteiger partial charge in [0.15, 0.2) is 0 Å². The van der Waals surface area contributed by atoms with Crippen molar-refractivity contribution in [2.75, 3.05) is 24.6 Å². The molecule has 0 bridgehead atoms. The Morgan fingerprint density at radius 1 is 0.833 bits per heavy atom. The molecule has 7 heteroatoms. The summed E-state index contributed by atoms with van der Waals surface area (Å²) in [5, 5.41) is 8.53. The van der Waals surface area contributed by atoms with Crippen molar-refractivity contribution in [3.05, 3.63) is 29.8 Å². The summed E-state index contributed by atoms with van der Waals surface area (Å²) in [4.78, 5) is 9.76. The number of carboxylic acid groups (broad SMARTS) is 1. The summed E-state index contributed by atoms with van der Waals surface area (Å²) in [6, 6.07) is 4.66. The van der Waals surface area contributed by atoms with Gasteiger partial charge < -0.3 is 9.66 Å². The lowest BCUT2D eigenvalue weighted by atomic mass is 10.2. The second-order valence-corrected chi connectivity index (χ2v) is 13.7. The predicted octanol–water partition coefficient (Wildman–Crippen LogP) is 6.49. The van der Waals surface area contributed by atoms with Crippen molar-refractivity contribution >= 4 is 23.3 Å². The molecule has 0 spiro atoms. The van der Waals surface area contributed by atoms with E-state index in [4.69, 9.17) is 5.11 Å². The Labute approximate surface area is 184 Å². The maximum atomic E-state index is 10.5. The number of hydrogen-bond donors (Lipinski definition) is 1. The highest BCUT2D eigenvalue weighted by Crippen LogP contribution is 2.61. The van der Waals surface area contributed by atoms with Crippen molar-refractivity contribution in [2.45, 2.75) is 84.0 Å². The average Bonchev–Trinajstić information content (AvgIpc) is 2.72. The predicted molar refractivity (Wildman–Crippen MR) is 127 cm³/mol. The number of hydrogen-bond acceptors (Lipinski definition) is 4. The topological polar surface area (TPSA) is 94.5 Å². The molecule has 0 aliphatic rings. The third-order valence-corrected chi connectivity index (χ3v) is 11.3. The molecule has 174 valence electrons. The number of benzene rings is 1. The SMILES string of the molecule is CCCC[P+](CCCC)(CCCC)CCCC.O=C(O)c1ccccc1S(=O)(=O)[O-]. The number of aromatic carboxylic acids is 1. The van der Waals surface area contributed by atoms with Gasteiger partial charge in [0.05, 0.1) is 35.1 Å². The van der Waals surface area contributed by atoms with Gasteiger partial charge in [-0.1, -0.05) is 65.5 Å². The monoisotopic (exact) mass is 460 g/mol. The Morgan fingerprint density at radius 2 is 1.20 bits per heavy atom. The zero-order valence-electron chi connectivity index (χ0n) is 19.2. The molecule has 0 amide bonds. The second kappa shape index (κ2) is 15.8. The highest BCUT2D eigenvalue weighted by Gasteiger charge is 2.34. The van der Waals surface area contributed by atoms with Gasteiger partial charge >= 0.3 is 5.97 Å². The van der Waals surface area contributed by atoms with Crippen LogP contribution < -0.4 is 0 Å². The van der Waals surface area contributed by atoms with E-state index in [9.17, 15) is 17.8 Å². The molecule has 0 saturated heterocycles. The normalized spacial score (nSPS) is 11.6. The van der Waals surface area contributed by atoms with E-state index < -0.39 is 33.8 Å². The molecule has 0 saturated carbocycles. The summed E-state index contributed by atoms with van der Waals surface area (Å²) in [6.45, 7) is 9.42. The first-order valence-corrected chi connectivity index (χ1v) is 15.2. The number of carbonyl (C=O) groups is 1. The maximum absolute atomic E-state index is 10.5. The van der Waals surface area contributed by atoms with E-state index in [1.54, 1.807) is 24.6 Å². The van der Waals surface area contributed by atoms with Gasteiger partial charge in [-0.15, -0.1) is 0 Å². The molecular formula is C23H41O5PS. The van der Waals surface area contributed by atoms with Crippen LogP contribution in [0.1, 0.15) is 89.4 Å². The Balaban J connectivity index is 0.000000579. The van der Waals surface area contributed by atoms with Crippen molar-refractivity contribution in [1.29, 1.82) is 0 Å². The fraction of sp³-hybridized carbons (Fsp3) is 0.696. The molecule has 0 heterocycles. The smallest absolute Gasteiger partial charge is 0.336 e. The summed E-state index contributed by atoms with van der Waals surface area (Å²) in [6.07, 6.45) is 17.9. The van der Waals surface area contributed by atoms with E-state index in [0.29, 0.717) is 0 Å². The van der Waals surface area contributed by atoms with Crippen molar-refractivity contribution in [1.82, 2.24) is 0 Å². The first-order valence-electron chi connectivity index (χ1n) is 11.3. The molecule has 0 atom stereocenters. The van der Waals surface area contributed by atoms with Crippen LogP contribution in [0.15, 0.2) is 29.2 Å². The summed E-state index contributed by atoms with van der Waals surface area (Å²) in [7, 11) is -5.27. The third kappa shape index (κ3) is 11.4. The second-order valence-electron chi connectivity index (χ2n) is 7.91. The molecule has 1 rings (SSSR count). The van der Waals surface area contributed by atoms with Crippen LogP contribution in [0.2, 0.25) is 0 Å². The van der Waals surface area contributed by atoms with Crippen molar-refractivity contribution in [3.63, 3.8) is 0 Å². The van der Waals surface area contributed by atoms with E-state index in [1.165, 1.54) is 63.5 Å². The van der Waals surface area contributed by atoms with Crippen LogP contribution in [0.4, 0.5) is 0 Å². The van der Waals surface area contributed by atoms with Crippen LogP contribution in [0.3, 0.4) is 0 Å². The van der Waals surface area contributed by atoms with E-state index in [2.05, 4.69) is 27.7 Å². The molecule has 0 unspecified atom stereocenters. The number of carboxylic acids is 1. The first-order chi connectivity index (χ1) is 14.2. The zero-order valence-corrected chi connectivity index (χ0v) is 20.9. The van der Waals surface area contributed by atoms with E-state index in [0.717, 1.165) is 12.1 Å². The average molecular weight is 461 g/mol. The van der Waals surface area contributed by atoms with Gasteiger partial charge in [0.2, 0.25) is 0 Å². The zero-order chi connectivity index (χ0) is 23.0. The Kier molecular flexibility index (Phi) is 15.3. The molecule has 0 radical (unpaired) electrons. The molecule has 5 nitrogen and oxygen atoms in total.